The van der Waals surface area contributed by atoms with Gasteiger partial charge in [0.2, 0.25) is 0 Å². The fraction of sp³-hybridized carbons (Fsp3) is 0.200. The van der Waals surface area contributed by atoms with E-state index in [1.807, 2.05) is 31.2 Å². The van der Waals surface area contributed by atoms with Gasteiger partial charge in [0.25, 0.3) is 0 Å². The summed E-state index contributed by atoms with van der Waals surface area (Å²) in [5.74, 6) is 0. The van der Waals surface area contributed by atoms with Crippen LogP contribution in [0.3, 0.4) is 0 Å². The second kappa shape index (κ2) is 4.96. The Balaban J connectivity index is 2.38. The molecule has 0 aliphatic rings. The van der Waals surface area contributed by atoms with Crippen LogP contribution in [-0.2, 0) is 12.6 Å². The normalized spacial score (nSPS) is 11.6. The van der Waals surface area contributed by atoms with Crippen molar-refractivity contribution in [1.29, 1.82) is 0 Å². The zero-order chi connectivity index (χ0) is 14.0. The van der Waals surface area contributed by atoms with Crippen LogP contribution in [0.4, 0.5) is 18.9 Å². The Morgan fingerprint density at radius 1 is 1.00 bits per heavy atom. The van der Waals surface area contributed by atoms with Crippen molar-refractivity contribution < 1.29 is 13.2 Å². The molecule has 0 atom stereocenters. The van der Waals surface area contributed by atoms with Crippen LogP contribution in [0.25, 0.3) is 0 Å². The number of nitrogens with two attached hydrogens (primary N) is 1. The SMILES string of the molecule is Cc1ccccc1Cc1cc(C(F)(F)F)ccc1N. The minimum atomic E-state index is -4.34. The fourth-order valence-corrected chi connectivity index (χ4v) is 1.95. The molecule has 0 fully saturated rings. The lowest BCUT2D eigenvalue weighted by Crippen LogP contribution is -2.07. The van der Waals surface area contributed by atoms with Gasteiger partial charge in [-0.3, -0.25) is 0 Å². The summed E-state index contributed by atoms with van der Waals surface area (Å²) in [5.41, 5.74) is 8.01. The molecule has 0 saturated heterocycles. The molecule has 0 bridgehead atoms. The van der Waals surface area contributed by atoms with Crippen molar-refractivity contribution >= 4 is 5.69 Å². The average molecular weight is 265 g/mol. The van der Waals surface area contributed by atoms with Crippen LogP contribution in [0.5, 0.6) is 0 Å². The Morgan fingerprint density at radius 2 is 1.68 bits per heavy atom. The molecule has 2 aromatic carbocycles. The van der Waals surface area contributed by atoms with Gasteiger partial charge in [-0.1, -0.05) is 24.3 Å². The van der Waals surface area contributed by atoms with Gasteiger partial charge in [-0.2, -0.15) is 13.2 Å². The molecule has 0 aromatic heterocycles. The highest BCUT2D eigenvalue weighted by Crippen LogP contribution is 2.32. The third-order valence-corrected chi connectivity index (χ3v) is 3.11. The second-order valence-electron chi connectivity index (χ2n) is 4.51. The number of benzene rings is 2. The maximum atomic E-state index is 12.7. The van der Waals surface area contributed by atoms with Gasteiger partial charge in [-0.05, 0) is 48.2 Å². The molecule has 0 heterocycles. The number of halogens is 3. The van der Waals surface area contributed by atoms with E-state index in [4.69, 9.17) is 5.73 Å². The first kappa shape index (κ1) is 13.5. The van der Waals surface area contributed by atoms with Crippen LogP contribution in [-0.4, -0.2) is 0 Å². The Kier molecular flexibility index (Phi) is 3.51. The van der Waals surface area contributed by atoms with E-state index in [0.29, 0.717) is 17.7 Å². The van der Waals surface area contributed by atoms with Gasteiger partial charge in [0.1, 0.15) is 0 Å². The Bertz CT molecular complexity index is 588. The second-order valence-corrected chi connectivity index (χ2v) is 4.51. The van der Waals surface area contributed by atoms with Gasteiger partial charge in [0.05, 0.1) is 5.56 Å². The number of alkyl halides is 3. The van der Waals surface area contributed by atoms with Gasteiger partial charge >= 0.3 is 6.18 Å². The summed E-state index contributed by atoms with van der Waals surface area (Å²) >= 11 is 0. The standard InChI is InChI=1S/C15H14F3N/c1-10-4-2-3-5-11(10)8-12-9-13(15(16,17)18)6-7-14(12)19/h2-7,9H,8,19H2,1H3. The zero-order valence-corrected chi connectivity index (χ0v) is 10.5. The highest BCUT2D eigenvalue weighted by Gasteiger charge is 2.30. The van der Waals surface area contributed by atoms with Crippen molar-refractivity contribution in [3.05, 3.63) is 64.7 Å². The van der Waals surface area contributed by atoms with Crippen molar-refractivity contribution in [2.45, 2.75) is 19.5 Å². The van der Waals surface area contributed by atoms with Crippen molar-refractivity contribution in [3.8, 4) is 0 Å². The number of nitrogen functional groups attached to an aromatic ring is 1. The summed E-state index contributed by atoms with van der Waals surface area (Å²) in [6.07, 6.45) is -3.93. The molecule has 19 heavy (non-hydrogen) atoms. The van der Waals surface area contributed by atoms with Crippen LogP contribution in [0.15, 0.2) is 42.5 Å². The number of rotatable bonds is 2. The molecule has 0 spiro atoms. The van der Waals surface area contributed by atoms with E-state index in [0.717, 1.165) is 23.3 Å². The molecule has 100 valence electrons. The quantitative estimate of drug-likeness (QED) is 0.810. The molecule has 4 heteroatoms. The summed E-state index contributed by atoms with van der Waals surface area (Å²) in [5, 5.41) is 0. The first-order valence-electron chi connectivity index (χ1n) is 5.88. The Labute approximate surface area is 109 Å². The molecule has 0 amide bonds. The molecule has 0 unspecified atom stereocenters. The summed E-state index contributed by atoms with van der Waals surface area (Å²) in [7, 11) is 0. The first-order valence-corrected chi connectivity index (χ1v) is 5.88. The van der Waals surface area contributed by atoms with Crippen LogP contribution in [0.2, 0.25) is 0 Å². The van der Waals surface area contributed by atoms with Crippen LogP contribution >= 0.6 is 0 Å². The van der Waals surface area contributed by atoms with Crippen molar-refractivity contribution in [2.75, 3.05) is 5.73 Å². The van der Waals surface area contributed by atoms with Crippen LogP contribution in [0, 0.1) is 6.92 Å². The molecule has 2 rings (SSSR count). The minimum absolute atomic E-state index is 0.385. The lowest BCUT2D eigenvalue weighted by molar-refractivity contribution is -0.137. The number of anilines is 1. The van der Waals surface area contributed by atoms with Gasteiger partial charge in [0, 0.05) is 5.69 Å². The average Bonchev–Trinajstić information content (AvgIpc) is 2.33. The van der Waals surface area contributed by atoms with E-state index in [-0.39, 0.29) is 0 Å². The highest BCUT2D eigenvalue weighted by molar-refractivity contribution is 5.51. The van der Waals surface area contributed by atoms with E-state index >= 15 is 0 Å². The van der Waals surface area contributed by atoms with E-state index in [1.54, 1.807) is 0 Å². The smallest absolute Gasteiger partial charge is 0.398 e. The van der Waals surface area contributed by atoms with Gasteiger partial charge in [-0.25, -0.2) is 0 Å². The van der Waals surface area contributed by atoms with Crippen molar-refractivity contribution in [1.82, 2.24) is 0 Å². The van der Waals surface area contributed by atoms with Gasteiger partial charge in [0.15, 0.2) is 0 Å². The molecule has 0 saturated carbocycles. The lowest BCUT2D eigenvalue weighted by atomic mass is 9.98. The fourth-order valence-electron chi connectivity index (χ4n) is 1.95. The molecule has 0 radical (unpaired) electrons. The molecular weight excluding hydrogens is 251 g/mol. The van der Waals surface area contributed by atoms with Crippen LogP contribution in [0.1, 0.15) is 22.3 Å². The lowest BCUT2D eigenvalue weighted by Gasteiger charge is -2.12. The maximum absolute atomic E-state index is 12.7. The largest absolute Gasteiger partial charge is 0.416 e. The number of hydrogen-bond donors (Lipinski definition) is 1. The van der Waals surface area contributed by atoms with Gasteiger partial charge in [-0.15, -0.1) is 0 Å². The summed E-state index contributed by atoms with van der Waals surface area (Å²) in [6.45, 7) is 1.93. The predicted molar refractivity (Wildman–Crippen MR) is 69.8 cm³/mol. The molecule has 2 aromatic rings. The summed E-state index contributed by atoms with van der Waals surface area (Å²) in [4.78, 5) is 0. The third-order valence-electron chi connectivity index (χ3n) is 3.11. The predicted octanol–water partition coefficient (Wildman–Crippen LogP) is 4.19. The van der Waals surface area contributed by atoms with E-state index in [9.17, 15) is 13.2 Å². The molecular formula is C15H14F3N. The van der Waals surface area contributed by atoms with E-state index in [1.165, 1.54) is 6.07 Å². The monoisotopic (exact) mass is 265 g/mol. The maximum Gasteiger partial charge on any atom is 0.416 e. The van der Waals surface area contributed by atoms with Crippen LogP contribution < -0.4 is 5.73 Å². The van der Waals surface area contributed by atoms with E-state index < -0.39 is 11.7 Å². The number of aryl methyl sites for hydroxylation is 1. The van der Waals surface area contributed by atoms with Crippen molar-refractivity contribution in [3.63, 3.8) is 0 Å². The number of hydrogen-bond acceptors (Lipinski definition) is 1. The molecule has 0 aliphatic carbocycles. The minimum Gasteiger partial charge on any atom is -0.398 e. The zero-order valence-electron chi connectivity index (χ0n) is 10.5. The summed E-state index contributed by atoms with van der Waals surface area (Å²) in [6, 6.07) is 11.0. The van der Waals surface area contributed by atoms with E-state index in [2.05, 4.69) is 0 Å². The Hall–Kier alpha value is -1.97. The highest BCUT2D eigenvalue weighted by atomic mass is 19.4. The topological polar surface area (TPSA) is 26.0 Å². The Morgan fingerprint density at radius 3 is 2.32 bits per heavy atom. The molecule has 1 nitrogen and oxygen atoms in total. The summed E-state index contributed by atoms with van der Waals surface area (Å²) < 4.78 is 38.0. The molecule has 2 N–H and O–H groups in total. The van der Waals surface area contributed by atoms with Gasteiger partial charge < -0.3 is 5.73 Å². The first-order chi connectivity index (χ1) is 8.88. The molecule has 0 aliphatic heterocycles. The van der Waals surface area contributed by atoms with Crippen molar-refractivity contribution in [2.24, 2.45) is 0 Å². The third kappa shape index (κ3) is 3.08.